The van der Waals surface area contributed by atoms with E-state index in [1.165, 1.54) is 0 Å². The van der Waals surface area contributed by atoms with Gasteiger partial charge in [0.1, 0.15) is 0 Å². The highest BCUT2D eigenvalue weighted by atomic mass is 16.5. The lowest BCUT2D eigenvalue weighted by molar-refractivity contribution is 0.0383. The number of morpholine rings is 1. The minimum atomic E-state index is -0.176. The number of aromatic nitrogens is 1. The topological polar surface area (TPSA) is 63.6 Å². The zero-order valence-electron chi connectivity index (χ0n) is 17.3. The third-order valence-corrected chi connectivity index (χ3v) is 5.50. The number of nitrogens with one attached hydrogen (secondary N) is 1. The van der Waals surface area contributed by atoms with Gasteiger partial charge in [0.05, 0.1) is 19.8 Å². The Kier molecular flexibility index (Phi) is 6.46. The van der Waals surface area contributed by atoms with Gasteiger partial charge in [-0.1, -0.05) is 18.1 Å². The molecule has 1 aliphatic rings. The maximum absolute atomic E-state index is 13.0. The van der Waals surface area contributed by atoms with Crippen molar-refractivity contribution >= 4 is 22.6 Å². The normalized spacial score (nSPS) is 14.3. The van der Waals surface area contributed by atoms with Crippen molar-refractivity contribution in [3.05, 3.63) is 71.4 Å². The Morgan fingerprint density at radius 3 is 2.61 bits per heavy atom. The number of amides is 1. The summed E-state index contributed by atoms with van der Waals surface area (Å²) in [7, 11) is 0. The van der Waals surface area contributed by atoms with E-state index in [-0.39, 0.29) is 11.7 Å². The van der Waals surface area contributed by atoms with E-state index in [2.05, 4.69) is 16.1 Å². The van der Waals surface area contributed by atoms with Gasteiger partial charge >= 0.3 is 0 Å². The molecule has 6 nitrogen and oxygen atoms in total. The van der Waals surface area contributed by atoms with Gasteiger partial charge in [-0.25, -0.2) is 0 Å². The first-order valence-electron chi connectivity index (χ1n) is 10.4. The standard InChI is InChI=1S/C25H25N3O3/c1-2-10-28-11-8-19-17-21(6-7-23(19)28)24(29)20-4-3-5-22(18-20)25(30)26-9-12-27-13-15-31-16-14-27/h1,3-8,11,17-18H,9-10,12-16H2,(H,26,30). The van der Waals surface area contributed by atoms with E-state index in [0.29, 0.717) is 29.8 Å². The minimum absolute atomic E-state index is 0.116. The molecule has 1 saturated heterocycles. The smallest absolute Gasteiger partial charge is 0.251 e. The molecule has 3 aromatic rings. The van der Waals surface area contributed by atoms with Crippen molar-refractivity contribution < 1.29 is 14.3 Å². The van der Waals surface area contributed by atoms with Crippen molar-refractivity contribution in [3.63, 3.8) is 0 Å². The summed E-state index contributed by atoms with van der Waals surface area (Å²) in [6.07, 6.45) is 7.32. The van der Waals surface area contributed by atoms with Gasteiger partial charge in [0.2, 0.25) is 0 Å². The molecule has 0 saturated carbocycles. The fourth-order valence-electron chi connectivity index (χ4n) is 3.80. The van der Waals surface area contributed by atoms with Gasteiger partial charge < -0.3 is 14.6 Å². The number of fused-ring (bicyclic) bond motifs is 1. The SMILES string of the molecule is C#CCn1ccc2cc(C(=O)c3cccc(C(=O)NCCN4CCOCC4)c3)ccc21. The molecule has 4 rings (SSSR count). The van der Waals surface area contributed by atoms with E-state index in [4.69, 9.17) is 11.2 Å². The molecule has 31 heavy (non-hydrogen) atoms. The molecule has 0 radical (unpaired) electrons. The number of rotatable bonds is 7. The van der Waals surface area contributed by atoms with Crippen LogP contribution in [0, 0.1) is 12.3 Å². The third kappa shape index (κ3) is 4.85. The van der Waals surface area contributed by atoms with Crippen LogP contribution in [0.25, 0.3) is 10.9 Å². The molecule has 0 aliphatic carbocycles. The highest BCUT2D eigenvalue weighted by Crippen LogP contribution is 2.20. The third-order valence-electron chi connectivity index (χ3n) is 5.50. The van der Waals surface area contributed by atoms with Gasteiger partial charge in [0.15, 0.2) is 5.78 Å². The van der Waals surface area contributed by atoms with Gasteiger partial charge in [-0.3, -0.25) is 14.5 Å². The van der Waals surface area contributed by atoms with Gasteiger partial charge in [0.25, 0.3) is 5.91 Å². The van der Waals surface area contributed by atoms with Gasteiger partial charge in [-0.15, -0.1) is 6.42 Å². The highest BCUT2D eigenvalue weighted by Gasteiger charge is 2.14. The number of carbonyl (C=O) groups excluding carboxylic acids is 2. The summed E-state index contributed by atoms with van der Waals surface area (Å²) in [6.45, 7) is 5.07. The van der Waals surface area contributed by atoms with Crippen LogP contribution in [0.4, 0.5) is 0 Å². The van der Waals surface area contributed by atoms with Crippen molar-refractivity contribution in [3.8, 4) is 12.3 Å². The van der Waals surface area contributed by atoms with Crippen LogP contribution in [-0.2, 0) is 11.3 Å². The van der Waals surface area contributed by atoms with Crippen LogP contribution in [0.1, 0.15) is 26.3 Å². The molecule has 0 unspecified atom stereocenters. The molecule has 6 heteroatoms. The first kappa shape index (κ1) is 20.9. The predicted octanol–water partition coefficient (Wildman–Crippen LogP) is 2.57. The predicted molar refractivity (Wildman–Crippen MR) is 120 cm³/mol. The monoisotopic (exact) mass is 415 g/mol. The zero-order chi connectivity index (χ0) is 21.6. The quantitative estimate of drug-likeness (QED) is 0.476. The molecule has 158 valence electrons. The van der Waals surface area contributed by atoms with Crippen molar-refractivity contribution in [2.24, 2.45) is 0 Å². The van der Waals surface area contributed by atoms with Gasteiger partial charge in [0, 0.05) is 60.0 Å². The molecule has 2 heterocycles. The lowest BCUT2D eigenvalue weighted by atomic mass is 10.00. The second kappa shape index (κ2) is 9.61. The fourth-order valence-corrected chi connectivity index (χ4v) is 3.80. The Morgan fingerprint density at radius 1 is 1.03 bits per heavy atom. The molecule has 1 aliphatic heterocycles. The van der Waals surface area contributed by atoms with E-state index < -0.39 is 0 Å². The van der Waals surface area contributed by atoms with E-state index >= 15 is 0 Å². The maximum Gasteiger partial charge on any atom is 0.251 e. The summed E-state index contributed by atoms with van der Waals surface area (Å²) in [5.41, 5.74) is 2.54. The highest BCUT2D eigenvalue weighted by molar-refractivity contribution is 6.11. The second-order valence-electron chi connectivity index (χ2n) is 7.54. The Labute approximate surface area is 181 Å². The molecule has 0 bridgehead atoms. The van der Waals surface area contributed by atoms with Crippen LogP contribution < -0.4 is 5.32 Å². The van der Waals surface area contributed by atoms with Crippen molar-refractivity contribution in [2.45, 2.75) is 6.54 Å². The lowest BCUT2D eigenvalue weighted by Gasteiger charge is -2.26. The Balaban J connectivity index is 1.43. The number of ether oxygens (including phenoxy) is 1. The van der Waals surface area contributed by atoms with E-state index in [1.54, 1.807) is 30.3 Å². The molecule has 0 atom stereocenters. The van der Waals surface area contributed by atoms with Crippen LogP contribution >= 0.6 is 0 Å². The van der Waals surface area contributed by atoms with Crippen LogP contribution in [0.2, 0.25) is 0 Å². The molecule has 1 N–H and O–H groups in total. The van der Waals surface area contributed by atoms with E-state index in [9.17, 15) is 9.59 Å². The summed E-state index contributed by atoms with van der Waals surface area (Å²) >= 11 is 0. The minimum Gasteiger partial charge on any atom is -0.379 e. The molecular formula is C25H25N3O3. The summed E-state index contributed by atoms with van der Waals surface area (Å²) in [4.78, 5) is 27.8. The average molecular weight is 415 g/mol. The second-order valence-corrected chi connectivity index (χ2v) is 7.54. The summed E-state index contributed by atoms with van der Waals surface area (Å²) in [6, 6.07) is 14.4. The number of benzene rings is 2. The first-order chi connectivity index (χ1) is 15.2. The Morgan fingerprint density at radius 2 is 1.81 bits per heavy atom. The Hall–Kier alpha value is -3.40. The number of hydrogen-bond acceptors (Lipinski definition) is 4. The molecule has 1 fully saturated rings. The summed E-state index contributed by atoms with van der Waals surface area (Å²) in [5, 5.41) is 3.90. The van der Waals surface area contributed by atoms with E-state index in [0.717, 1.165) is 43.8 Å². The molecule has 2 aromatic carbocycles. The number of terminal acetylenes is 1. The number of nitrogens with zero attached hydrogens (tertiary/aromatic N) is 2. The van der Waals surface area contributed by atoms with Crippen molar-refractivity contribution in [1.82, 2.24) is 14.8 Å². The molecule has 1 aromatic heterocycles. The largest absolute Gasteiger partial charge is 0.379 e. The first-order valence-corrected chi connectivity index (χ1v) is 10.4. The van der Waals surface area contributed by atoms with Crippen molar-refractivity contribution in [1.29, 1.82) is 0 Å². The van der Waals surface area contributed by atoms with Crippen LogP contribution in [0.5, 0.6) is 0 Å². The van der Waals surface area contributed by atoms with Crippen molar-refractivity contribution in [2.75, 3.05) is 39.4 Å². The summed E-state index contributed by atoms with van der Waals surface area (Å²) < 4.78 is 7.30. The number of hydrogen-bond donors (Lipinski definition) is 1. The van der Waals surface area contributed by atoms with Gasteiger partial charge in [-0.05, 0) is 36.4 Å². The number of carbonyl (C=O) groups is 2. The van der Waals surface area contributed by atoms with E-state index in [1.807, 2.05) is 29.0 Å². The average Bonchev–Trinajstić information content (AvgIpc) is 3.21. The van der Waals surface area contributed by atoms with Crippen LogP contribution in [-0.4, -0.2) is 60.6 Å². The van der Waals surface area contributed by atoms with Gasteiger partial charge in [-0.2, -0.15) is 0 Å². The fraction of sp³-hybridized carbons (Fsp3) is 0.280. The molecule has 0 spiro atoms. The maximum atomic E-state index is 13.0. The zero-order valence-corrected chi connectivity index (χ0v) is 17.3. The Bertz CT molecular complexity index is 1140. The van der Waals surface area contributed by atoms with Crippen LogP contribution in [0.15, 0.2) is 54.7 Å². The number of ketones is 1. The molecule has 1 amide bonds. The lowest BCUT2D eigenvalue weighted by Crippen LogP contribution is -2.41. The molecular weight excluding hydrogens is 390 g/mol. The van der Waals surface area contributed by atoms with Crippen LogP contribution in [0.3, 0.4) is 0 Å². The summed E-state index contributed by atoms with van der Waals surface area (Å²) in [5.74, 6) is 2.33.